The Kier molecular flexibility index (Phi) is 2.35. The second-order valence-corrected chi connectivity index (χ2v) is 2.98. The summed E-state index contributed by atoms with van der Waals surface area (Å²) in [6, 6.07) is 3.72. The Bertz CT molecular complexity index is 294. The van der Waals surface area contributed by atoms with E-state index in [0.717, 1.165) is 18.0 Å². The summed E-state index contributed by atoms with van der Waals surface area (Å²) in [6.07, 6.45) is 0. The molecule has 0 atom stereocenters. The van der Waals surface area contributed by atoms with Crippen LogP contribution < -0.4 is 19.5 Å². The number of fused-ring (bicyclic) bond motifs is 1. The van der Waals surface area contributed by atoms with E-state index < -0.39 is 0 Å². The third-order valence-electron chi connectivity index (χ3n) is 2.16. The molecule has 0 aromatic heterocycles. The molecule has 0 bridgehead atoms. The van der Waals surface area contributed by atoms with Crippen LogP contribution in [0.15, 0.2) is 12.1 Å². The maximum absolute atomic E-state index is 5.47. The third-order valence-corrected chi connectivity index (χ3v) is 2.16. The highest BCUT2D eigenvalue weighted by Gasteiger charge is 2.14. The van der Waals surface area contributed by atoms with Crippen LogP contribution in [0.4, 0.5) is 5.69 Å². The molecule has 0 unspecified atom stereocenters. The monoisotopic (exact) mass is 195 g/mol. The predicted molar refractivity (Wildman–Crippen MR) is 53.5 cm³/mol. The highest BCUT2D eigenvalue weighted by Crippen LogP contribution is 2.38. The summed E-state index contributed by atoms with van der Waals surface area (Å²) >= 11 is 0. The Morgan fingerprint density at radius 3 is 2.64 bits per heavy atom. The van der Waals surface area contributed by atoms with Gasteiger partial charge >= 0.3 is 0 Å². The summed E-state index contributed by atoms with van der Waals surface area (Å²) in [5.74, 6) is 2.22. The van der Waals surface area contributed by atoms with Crippen LogP contribution in [0, 0.1) is 0 Å². The standard InChI is InChI=1S/C10H13NO3/c1-12-9-5-7-8(6-10(9)13-2)14-4-3-11-7/h5-6,11H,3-4H2,1-2H3. The number of hydrogen-bond acceptors (Lipinski definition) is 4. The van der Waals surface area contributed by atoms with E-state index in [1.54, 1.807) is 14.2 Å². The Balaban J connectivity index is 2.43. The number of ether oxygens (including phenoxy) is 3. The first-order chi connectivity index (χ1) is 6.85. The molecule has 0 saturated carbocycles. The second-order valence-electron chi connectivity index (χ2n) is 2.98. The van der Waals surface area contributed by atoms with Crippen molar-refractivity contribution < 1.29 is 14.2 Å². The number of anilines is 1. The van der Waals surface area contributed by atoms with Crippen molar-refractivity contribution in [3.8, 4) is 17.2 Å². The molecule has 1 aliphatic heterocycles. The molecule has 1 aromatic carbocycles. The van der Waals surface area contributed by atoms with Gasteiger partial charge in [-0.3, -0.25) is 0 Å². The highest BCUT2D eigenvalue weighted by atomic mass is 16.5. The van der Waals surface area contributed by atoms with Gasteiger partial charge in [0.05, 0.1) is 19.9 Å². The van der Waals surface area contributed by atoms with Crippen molar-refractivity contribution in [1.82, 2.24) is 0 Å². The molecular weight excluding hydrogens is 182 g/mol. The smallest absolute Gasteiger partial charge is 0.164 e. The van der Waals surface area contributed by atoms with E-state index in [0.29, 0.717) is 18.1 Å². The summed E-state index contributed by atoms with van der Waals surface area (Å²) < 4.78 is 15.8. The Morgan fingerprint density at radius 1 is 1.21 bits per heavy atom. The van der Waals surface area contributed by atoms with Gasteiger partial charge in [-0.15, -0.1) is 0 Å². The normalized spacial score (nSPS) is 13.6. The first kappa shape index (κ1) is 8.99. The number of hydrogen-bond donors (Lipinski definition) is 1. The number of benzene rings is 1. The summed E-state index contributed by atoms with van der Waals surface area (Å²) in [5.41, 5.74) is 0.953. The van der Waals surface area contributed by atoms with Gasteiger partial charge in [-0.25, -0.2) is 0 Å². The molecule has 0 aliphatic carbocycles. The van der Waals surface area contributed by atoms with Crippen molar-refractivity contribution in [2.45, 2.75) is 0 Å². The van der Waals surface area contributed by atoms with E-state index in [-0.39, 0.29) is 0 Å². The van der Waals surface area contributed by atoms with E-state index in [9.17, 15) is 0 Å². The maximum Gasteiger partial charge on any atom is 0.164 e. The molecule has 1 heterocycles. The molecule has 4 nitrogen and oxygen atoms in total. The van der Waals surface area contributed by atoms with Crippen LogP contribution in [0.25, 0.3) is 0 Å². The minimum atomic E-state index is 0.683. The van der Waals surface area contributed by atoms with Crippen LogP contribution in [0.3, 0.4) is 0 Å². The van der Waals surface area contributed by atoms with Crippen LogP contribution in [0.1, 0.15) is 0 Å². The largest absolute Gasteiger partial charge is 0.493 e. The van der Waals surface area contributed by atoms with Gasteiger partial charge in [0.25, 0.3) is 0 Å². The lowest BCUT2D eigenvalue weighted by molar-refractivity contribution is 0.314. The fraction of sp³-hybridized carbons (Fsp3) is 0.400. The average molecular weight is 195 g/mol. The van der Waals surface area contributed by atoms with Gasteiger partial charge in [-0.2, -0.15) is 0 Å². The Morgan fingerprint density at radius 2 is 1.93 bits per heavy atom. The zero-order valence-corrected chi connectivity index (χ0v) is 8.29. The molecule has 0 fully saturated rings. The van der Waals surface area contributed by atoms with E-state index >= 15 is 0 Å². The maximum atomic E-state index is 5.47. The Labute approximate surface area is 82.8 Å². The van der Waals surface area contributed by atoms with E-state index in [1.807, 2.05) is 12.1 Å². The van der Waals surface area contributed by atoms with Crippen molar-refractivity contribution >= 4 is 5.69 Å². The molecular formula is C10H13NO3. The zero-order valence-electron chi connectivity index (χ0n) is 8.29. The zero-order chi connectivity index (χ0) is 9.97. The van der Waals surface area contributed by atoms with Gasteiger partial charge in [-0.1, -0.05) is 0 Å². The first-order valence-electron chi connectivity index (χ1n) is 4.48. The van der Waals surface area contributed by atoms with Crippen molar-refractivity contribution in [1.29, 1.82) is 0 Å². The molecule has 2 rings (SSSR count). The highest BCUT2D eigenvalue weighted by molar-refractivity contribution is 5.65. The second kappa shape index (κ2) is 3.65. The van der Waals surface area contributed by atoms with Gasteiger partial charge in [0, 0.05) is 18.7 Å². The lowest BCUT2D eigenvalue weighted by Crippen LogP contribution is -2.18. The molecule has 1 N–H and O–H groups in total. The summed E-state index contributed by atoms with van der Waals surface area (Å²) in [6.45, 7) is 1.50. The van der Waals surface area contributed by atoms with Crippen LogP contribution >= 0.6 is 0 Å². The number of methoxy groups -OCH3 is 2. The van der Waals surface area contributed by atoms with E-state index in [2.05, 4.69) is 5.32 Å². The lowest BCUT2D eigenvalue weighted by Gasteiger charge is -2.20. The topological polar surface area (TPSA) is 39.7 Å². The van der Waals surface area contributed by atoms with Crippen molar-refractivity contribution in [2.24, 2.45) is 0 Å². The third kappa shape index (κ3) is 1.43. The molecule has 0 spiro atoms. The number of nitrogens with one attached hydrogen (secondary N) is 1. The van der Waals surface area contributed by atoms with Gasteiger partial charge < -0.3 is 19.5 Å². The lowest BCUT2D eigenvalue weighted by atomic mass is 10.2. The van der Waals surface area contributed by atoms with Crippen molar-refractivity contribution in [3.63, 3.8) is 0 Å². The Hall–Kier alpha value is -1.58. The van der Waals surface area contributed by atoms with Gasteiger partial charge in [0.15, 0.2) is 11.5 Å². The number of rotatable bonds is 2. The minimum Gasteiger partial charge on any atom is -0.493 e. The van der Waals surface area contributed by atoms with Crippen LogP contribution in [-0.4, -0.2) is 27.4 Å². The summed E-state index contributed by atoms with van der Waals surface area (Å²) in [4.78, 5) is 0. The fourth-order valence-electron chi connectivity index (χ4n) is 1.46. The van der Waals surface area contributed by atoms with Crippen molar-refractivity contribution in [2.75, 3.05) is 32.7 Å². The molecule has 0 saturated heterocycles. The van der Waals surface area contributed by atoms with E-state index in [4.69, 9.17) is 14.2 Å². The molecule has 0 radical (unpaired) electrons. The SMILES string of the molecule is COc1cc2c(cc1OC)OCCN2. The summed E-state index contributed by atoms with van der Waals surface area (Å²) in [5, 5.41) is 3.23. The van der Waals surface area contributed by atoms with Crippen LogP contribution in [0.5, 0.6) is 17.2 Å². The molecule has 76 valence electrons. The average Bonchev–Trinajstić information content (AvgIpc) is 2.27. The van der Waals surface area contributed by atoms with Gasteiger partial charge in [-0.05, 0) is 0 Å². The fourth-order valence-corrected chi connectivity index (χ4v) is 1.46. The molecule has 14 heavy (non-hydrogen) atoms. The van der Waals surface area contributed by atoms with Crippen molar-refractivity contribution in [3.05, 3.63) is 12.1 Å². The van der Waals surface area contributed by atoms with Gasteiger partial charge in [0.2, 0.25) is 0 Å². The minimum absolute atomic E-state index is 0.683. The molecule has 1 aliphatic rings. The molecule has 4 heteroatoms. The van der Waals surface area contributed by atoms with Crippen LogP contribution in [-0.2, 0) is 0 Å². The van der Waals surface area contributed by atoms with E-state index in [1.165, 1.54) is 0 Å². The first-order valence-corrected chi connectivity index (χ1v) is 4.48. The predicted octanol–water partition coefficient (Wildman–Crippen LogP) is 1.51. The molecule has 1 aromatic rings. The molecule has 0 amide bonds. The van der Waals surface area contributed by atoms with Crippen LogP contribution in [0.2, 0.25) is 0 Å². The quantitative estimate of drug-likeness (QED) is 0.776. The summed E-state index contributed by atoms with van der Waals surface area (Å²) in [7, 11) is 3.23. The van der Waals surface area contributed by atoms with Gasteiger partial charge in [0.1, 0.15) is 12.4 Å².